The van der Waals surface area contributed by atoms with Gasteiger partial charge in [0.25, 0.3) is 0 Å². The van der Waals surface area contributed by atoms with Gasteiger partial charge in [0, 0.05) is 5.56 Å². The Balaban J connectivity index is 1.46. The average molecular weight is 436 g/mol. The van der Waals surface area contributed by atoms with Crippen molar-refractivity contribution < 1.29 is 9.90 Å². The number of benzene rings is 3. The maximum Gasteiger partial charge on any atom is 0.230 e. The number of nitrogens with zero attached hydrogens (tertiary/aromatic N) is 2. The molecule has 0 bridgehead atoms. The molecule has 0 aliphatic heterocycles. The van der Waals surface area contributed by atoms with E-state index in [0.29, 0.717) is 17.9 Å². The first-order valence-electron chi connectivity index (χ1n) is 11.1. The molecule has 5 heteroatoms. The zero-order valence-corrected chi connectivity index (χ0v) is 18.7. The number of aromatic hydroxyl groups is 1. The van der Waals surface area contributed by atoms with Crippen molar-refractivity contribution in [3.8, 4) is 17.0 Å². The number of amides is 1. The van der Waals surface area contributed by atoms with Gasteiger partial charge in [-0.15, -0.1) is 0 Å². The van der Waals surface area contributed by atoms with Gasteiger partial charge in [0.05, 0.1) is 17.8 Å². The van der Waals surface area contributed by atoms with Crippen LogP contribution >= 0.6 is 0 Å². The SMILES string of the molecule is CC(C)=Cc1nc2c(nc1NC(=O)Cc1ccc3ccccc3c1)CCc1cc(O)ccc1-2. The monoisotopic (exact) mass is 435 g/mol. The molecule has 0 saturated heterocycles. The Labute approximate surface area is 192 Å². The van der Waals surface area contributed by atoms with Gasteiger partial charge in [0.1, 0.15) is 11.4 Å². The maximum absolute atomic E-state index is 12.9. The number of allylic oxidation sites excluding steroid dienone is 1. The summed E-state index contributed by atoms with van der Waals surface area (Å²) in [5, 5.41) is 15.1. The van der Waals surface area contributed by atoms with Crippen LogP contribution in [0.1, 0.15) is 36.4 Å². The molecule has 4 aromatic rings. The van der Waals surface area contributed by atoms with Crippen LogP contribution in [0.4, 0.5) is 5.82 Å². The predicted octanol–water partition coefficient (Wildman–Crippen LogP) is 5.71. The zero-order valence-electron chi connectivity index (χ0n) is 18.7. The summed E-state index contributed by atoms with van der Waals surface area (Å²) in [4.78, 5) is 22.6. The van der Waals surface area contributed by atoms with Crippen molar-refractivity contribution in [2.75, 3.05) is 5.32 Å². The number of hydrogen-bond donors (Lipinski definition) is 2. The third-order valence-electron chi connectivity index (χ3n) is 5.83. The lowest BCUT2D eigenvalue weighted by molar-refractivity contribution is -0.115. The Hall–Kier alpha value is -3.99. The second-order valence-corrected chi connectivity index (χ2v) is 8.72. The lowest BCUT2D eigenvalue weighted by Crippen LogP contribution is -2.19. The minimum absolute atomic E-state index is 0.121. The molecule has 164 valence electrons. The van der Waals surface area contributed by atoms with E-state index in [4.69, 9.17) is 9.97 Å². The van der Waals surface area contributed by atoms with Crippen LogP contribution in [0.25, 0.3) is 28.1 Å². The van der Waals surface area contributed by atoms with E-state index >= 15 is 0 Å². The van der Waals surface area contributed by atoms with E-state index < -0.39 is 0 Å². The lowest BCUT2D eigenvalue weighted by Gasteiger charge is -2.20. The fourth-order valence-electron chi connectivity index (χ4n) is 4.32. The summed E-state index contributed by atoms with van der Waals surface area (Å²) in [6.45, 7) is 3.99. The first kappa shape index (κ1) is 20.9. The van der Waals surface area contributed by atoms with E-state index in [9.17, 15) is 9.90 Å². The zero-order chi connectivity index (χ0) is 22.9. The van der Waals surface area contributed by atoms with Crippen molar-refractivity contribution in [3.63, 3.8) is 0 Å². The van der Waals surface area contributed by atoms with Gasteiger partial charge in [-0.1, -0.05) is 48.0 Å². The summed E-state index contributed by atoms with van der Waals surface area (Å²) in [5.41, 5.74) is 6.38. The molecule has 0 fully saturated rings. The number of aromatic nitrogens is 2. The van der Waals surface area contributed by atoms with Crippen LogP contribution in [-0.4, -0.2) is 21.0 Å². The first-order valence-corrected chi connectivity index (χ1v) is 11.1. The Morgan fingerprint density at radius 3 is 2.64 bits per heavy atom. The Morgan fingerprint density at radius 2 is 1.82 bits per heavy atom. The number of carbonyl (C=O) groups is 1. The van der Waals surface area contributed by atoms with Crippen LogP contribution in [-0.2, 0) is 24.1 Å². The molecule has 5 nitrogen and oxygen atoms in total. The van der Waals surface area contributed by atoms with Crippen molar-refractivity contribution in [1.82, 2.24) is 9.97 Å². The van der Waals surface area contributed by atoms with Gasteiger partial charge in [-0.25, -0.2) is 9.97 Å². The Kier molecular flexibility index (Phi) is 5.38. The topological polar surface area (TPSA) is 75.1 Å². The van der Waals surface area contributed by atoms with Crippen LogP contribution in [0, 0.1) is 0 Å². The number of phenols is 1. The predicted molar refractivity (Wildman–Crippen MR) is 132 cm³/mol. The molecule has 33 heavy (non-hydrogen) atoms. The van der Waals surface area contributed by atoms with Gasteiger partial charge >= 0.3 is 0 Å². The molecule has 1 aliphatic carbocycles. The molecular weight excluding hydrogens is 410 g/mol. The van der Waals surface area contributed by atoms with Gasteiger partial charge in [-0.2, -0.15) is 0 Å². The molecule has 1 aliphatic rings. The van der Waals surface area contributed by atoms with Crippen molar-refractivity contribution in [2.45, 2.75) is 33.1 Å². The number of anilines is 1. The van der Waals surface area contributed by atoms with Crippen LogP contribution in [0.15, 0.2) is 66.2 Å². The molecule has 1 aromatic heterocycles. The molecule has 0 spiro atoms. The Morgan fingerprint density at radius 1 is 1.00 bits per heavy atom. The van der Waals surface area contributed by atoms with Crippen molar-refractivity contribution in [2.24, 2.45) is 0 Å². The summed E-state index contributed by atoms with van der Waals surface area (Å²) < 4.78 is 0. The highest BCUT2D eigenvalue weighted by molar-refractivity contribution is 5.94. The Bertz CT molecular complexity index is 1420. The number of hydrogen-bond acceptors (Lipinski definition) is 4. The summed E-state index contributed by atoms with van der Waals surface area (Å²) in [7, 11) is 0. The van der Waals surface area contributed by atoms with Gasteiger partial charge in [0.15, 0.2) is 5.82 Å². The van der Waals surface area contributed by atoms with Gasteiger partial charge in [0.2, 0.25) is 5.91 Å². The fourth-order valence-corrected chi connectivity index (χ4v) is 4.32. The number of fused-ring (bicyclic) bond motifs is 4. The van der Waals surface area contributed by atoms with Crippen LogP contribution in [0.3, 0.4) is 0 Å². The number of phenolic OH excluding ortho intramolecular Hbond substituents is 1. The largest absolute Gasteiger partial charge is 0.508 e. The standard InChI is InChI=1S/C28H25N3O2/c1-17(2)13-25-28(30-24-12-9-21-16-22(32)10-11-23(21)27(24)29-25)31-26(33)15-18-7-8-19-5-3-4-6-20(19)14-18/h3-8,10-11,13-14,16,32H,9,12,15H2,1-2H3,(H,30,31,33). The second-order valence-electron chi connectivity index (χ2n) is 8.72. The molecule has 5 rings (SSSR count). The minimum atomic E-state index is -0.121. The normalized spacial score (nSPS) is 12.1. The molecular formula is C28H25N3O2. The average Bonchev–Trinajstić information content (AvgIpc) is 2.79. The van der Waals surface area contributed by atoms with Crippen molar-refractivity contribution in [3.05, 3.63) is 88.8 Å². The van der Waals surface area contributed by atoms with E-state index in [1.54, 1.807) is 12.1 Å². The highest BCUT2D eigenvalue weighted by Crippen LogP contribution is 2.35. The van der Waals surface area contributed by atoms with E-state index in [0.717, 1.165) is 50.8 Å². The van der Waals surface area contributed by atoms with E-state index in [-0.39, 0.29) is 18.1 Å². The molecule has 0 saturated carbocycles. The number of rotatable bonds is 4. The van der Waals surface area contributed by atoms with E-state index in [2.05, 4.69) is 23.5 Å². The molecule has 0 radical (unpaired) electrons. The lowest BCUT2D eigenvalue weighted by atomic mass is 9.91. The number of nitrogens with one attached hydrogen (secondary N) is 1. The van der Waals surface area contributed by atoms with E-state index in [1.807, 2.05) is 50.3 Å². The minimum Gasteiger partial charge on any atom is -0.508 e. The van der Waals surface area contributed by atoms with Gasteiger partial charge in [-0.05, 0) is 72.9 Å². The first-order chi connectivity index (χ1) is 16.0. The molecule has 3 aromatic carbocycles. The summed E-state index contributed by atoms with van der Waals surface area (Å²) in [5.74, 6) is 0.624. The molecule has 1 heterocycles. The maximum atomic E-state index is 12.9. The highest BCUT2D eigenvalue weighted by atomic mass is 16.3. The van der Waals surface area contributed by atoms with Crippen molar-refractivity contribution >= 4 is 28.6 Å². The number of carbonyl (C=O) groups excluding carboxylic acids is 1. The van der Waals surface area contributed by atoms with Crippen LogP contribution in [0.5, 0.6) is 5.75 Å². The summed E-state index contributed by atoms with van der Waals surface area (Å²) >= 11 is 0. The third-order valence-corrected chi connectivity index (χ3v) is 5.83. The second kappa shape index (κ2) is 8.51. The smallest absolute Gasteiger partial charge is 0.230 e. The van der Waals surface area contributed by atoms with Crippen LogP contribution in [0.2, 0.25) is 0 Å². The quantitative estimate of drug-likeness (QED) is 0.431. The molecule has 0 atom stereocenters. The summed E-state index contributed by atoms with van der Waals surface area (Å²) in [6.07, 6.45) is 3.69. The highest BCUT2D eigenvalue weighted by Gasteiger charge is 2.22. The molecule has 0 unspecified atom stereocenters. The molecule has 2 N–H and O–H groups in total. The summed E-state index contributed by atoms with van der Waals surface area (Å²) in [6, 6.07) is 19.6. The molecule has 1 amide bonds. The fraction of sp³-hybridized carbons (Fsp3) is 0.179. The number of aryl methyl sites for hydroxylation is 2. The van der Waals surface area contributed by atoms with Crippen LogP contribution < -0.4 is 5.32 Å². The third kappa shape index (κ3) is 4.35. The van der Waals surface area contributed by atoms with Gasteiger partial charge < -0.3 is 10.4 Å². The van der Waals surface area contributed by atoms with Gasteiger partial charge in [-0.3, -0.25) is 4.79 Å². The van der Waals surface area contributed by atoms with E-state index in [1.165, 1.54) is 0 Å². The van der Waals surface area contributed by atoms with Crippen molar-refractivity contribution in [1.29, 1.82) is 0 Å².